The van der Waals surface area contributed by atoms with E-state index >= 15 is 0 Å². The first-order valence-electron chi connectivity index (χ1n) is 6.54. The van der Waals surface area contributed by atoms with Crippen LogP contribution in [-0.4, -0.2) is 28.6 Å². The van der Waals surface area contributed by atoms with Crippen molar-refractivity contribution in [3.8, 4) is 6.07 Å². The number of hydrogen-bond acceptors (Lipinski definition) is 4. The lowest BCUT2D eigenvalue weighted by atomic mass is 10.1. The molecule has 0 saturated carbocycles. The third kappa shape index (κ3) is 4.13. The van der Waals surface area contributed by atoms with E-state index in [9.17, 15) is 9.90 Å². The molecule has 0 radical (unpaired) electrons. The van der Waals surface area contributed by atoms with Gasteiger partial charge in [0.2, 0.25) is 0 Å². The number of aliphatic hydroxyl groups is 1. The summed E-state index contributed by atoms with van der Waals surface area (Å²) in [5.41, 5.74) is 1.65. The van der Waals surface area contributed by atoms with Gasteiger partial charge in [0, 0.05) is 6.20 Å². The maximum absolute atomic E-state index is 12.0. The summed E-state index contributed by atoms with van der Waals surface area (Å²) in [6.45, 7) is -0.156. The van der Waals surface area contributed by atoms with Gasteiger partial charge in [-0.2, -0.15) is 5.26 Å². The Kier molecular flexibility index (Phi) is 5.02. The molecule has 0 saturated heterocycles. The van der Waals surface area contributed by atoms with E-state index in [2.05, 4.69) is 10.3 Å². The number of carbonyl (C=O) groups is 1. The van der Waals surface area contributed by atoms with Crippen molar-refractivity contribution in [1.82, 2.24) is 10.3 Å². The zero-order valence-electron chi connectivity index (χ0n) is 11.4. The van der Waals surface area contributed by atoms with Crippen LogP contribution in [0.3, 0.4) is 0 Å². The molecule has 0 aliphatic heterocycles. The highest BCUT2D eigenvalue weighted by atomic mass is 16.3. The first-order valence-corrected chi connectivity index (χ1v) is 6.54. The Bertz CT molecular complexity index is 633. The van der Waals surface area contributed by atoms with E-state index in [1.807, 2.05) is 36.4 Å². The first kappa shape index (κ1) is 14.7. The minimum Gasteiger partial charge on any atom is -0.394 e. The van der Waals surface area contributed by atoms with Gasteiger partial charge in [0.15, 0.2) is 0 Å². The smallest absolute Gasteiger partial charge is 0.270 e. The average Bonchev–Trinajstić information content (AvgIpc) is 2.55. The second-order valence-electron chi connectivity index (χ2n) is 4.59. The molecule has 0 aliphatic carbocycles. The largest absolute Gasteiger partial charge is 0.394 e. The molecule has 21 heavy (non-hydrogen) atoms. The van der Waals surface area contributed by atoms with E-state index in [1.54, 1.807) is 0 Å². The zero-order valence-corrected chi connectivity index (χ0v) is 11.4. The molecule has 5 heteroatoms. The first-order chi connectivity index (χ1) is 10.2. The van der Waals surface area contributed by atoms with Crippen molar-refractivity contribution >= 4 is 5.91 Å². The standard InChI is InChI=1S/C16H15N3O2/c17-9-13-6-7-15(18-10-13)16(21)19-14(11-20)8-12-4-2-1-3-5-12/h1-7,10,14,20H,8,11H2,(H,19,21)/t14-/m0/s1. The third-order valence-corrected chi connectivity index (χ3v) is 3.01. The van der Waals surface area contributed by atoms with E-state index in [4.69, 9.17) is 5.26 Å². The number of carbonyl (C=O) groups excluding carboxylic acids is 1. The van der Waals surface area contributed by atoms with Gasteiger partial charge in [0.1, 0.15) is 11.8 Å². The fourth-order valence-corrected chi connectivity index (χ4v) is 1.91. The minimum atomic E-state index is -0.377. The summed E-state index contributed by atoms with van der Waals surface area (Å²) in [4.78, 5) is 16.0. The van der Waals surface area contributed by atoms with E-state index in [1.165, 1.54) is 18.3 Å². The van der Waals surface area contributed by atoms with Gasteiger partial charge < -0.3 is 10.4 Å². The molecule has 2 N–H and O–H groups in total. The SMILES string of the molecule is N#Cc1ccc(C(=O)N[C@H](CO)Cc2ccccc2)nc1. The van der Waals surface area contributed by atoms with Crippen LogP contribution >= 0.6 is 0 Å². The van der Waals surface area contributed by atoms with Crippen LogP contribution in [-0.2, 0) is 6.42 Å². The number of aromatic nitrogens is 1. The fourth-order valence-electron chi connectivity index (χ4n) is 1.91. The maximum Gasteiger partial charge on any atom is 0.270 e. The lowest BCUT2D eigenvalue weighted by molar-refractivity contribution is 0.0911. The van der Waals surface area contributed by atoms with E-state index in [0.29, 0.717) is 12.0 Å². The molecule has 0 unspecified atom stereocenters. The van der Waals surface area contributed by atoms with Crippen molar-refractivity contribution in [2.24, 2.45) is 0 Å². The third-order valence-electron chi connectivity index (χ3n) is 3.01. The molecule has 2 rings (SSSR count). The van der Waals surface area contributed by atoms with Crippen LogP contribution in [0.15, 0.2) is 48.7 Å². The van der Waals surface area contributed by atoms with Gasteiger partial charge in [0.25, 0.3) is 5.91 Å². The van der Waals surface area contributed by atoms with E-state index in [0.717, 1.165) is 5.56 Å². The highest BCUT2D eigenvalue weighted by Crippen LogP contribution is 2.04. The van der Waals surface area contributed by atoms with Crippen LogP contribution in [0.1, 0.15) is 21.6 Å². The van der Waals surface area contributed by atoms with Crippen molar-refractivity contribution in [2.75, 3.05) is 6.61 Å². The quantitative estimate of drug-likeness (QED) is 0.864. The predicted molar refractivity (Wildman–Crippen MR) is 77.4 cm³/mol. The summed E-state index contributed by atoms with van der Waals surface area (Å²) < 4.78 is 0. The second-order valence-corrected chi connectivity index (χ2v) is 4.59. The van der Waals surface area contributed by atoms with Crippen LogP contribution in [0.4, 0.5) is 0 Å². The van der Waals surface area contributed by atoms with Crippen molar-refractivity contribution in [1.29, 1.82) is 5.26 Å². The number of rotatable bonds is 5. The Hall–Kier alpha value is -2.71. The molecule has 1 aromatic heterocycles. The Morgan fingerprint density at radius 3 is 2.62 bits per heavy atom. The van der Waals surface area contributed by atoms with Crippen molar-refractivity contribution in [2.45, 2.75) is 12.5 Å². The number of hydrogen-bond donors (Lipinski definition) is 2. The summed E-state index contributed by atoms with van der Waals surface area (Å²) >= 11 is 0. The Labute approximate surface area is 122 Å². The molecular formula is C16H15N3O2. The normalized spacial score (nSPS) is 11.4. The molecule has 106 valence electrons. The molecule has 5 nitrogen and oxygen atoms in total. The Balaban J connectivity index is 2.00. The molecule has 1 aromatic carbocycles. The van der Waals surface area contributed by atoms with Gasteiger partial charge in [-0.1, -0.05) is 30.3 Å². The summed E-state index contributed by atoms with van der Waals surface area (Å²) in [6, 6.07) is 14.2. The molecule has 1 amide bonds. The molecule has 0 spiro atoms. The number of benzene rings is 1. The van der Waals surface area contributed by atoms with Gasteiger partial charge in [-0.25, -0.2) is 4.98 Å². The van der Waals surface area contributed by atoms with E-state index < -0.39 is 0 Å². The molecule has 0 fully saturated rings. The molecule has 1 heterocycles. The summed E-state index contributed by atoms with van der Waals surface area (Å²) in [6.07, 6.45) is 1.89. The molecule has 1 atom stereocenters. The van der Waals surface area contributed by atoms with Crippen LogP contribution < -0.4 is 5.32 Å². The average molecular weight is 281 g/mol. The summed E-state index contributed by atoms with van der Waals surface area (Å²) in [7, 11) is 0. The molecular weight excluding hydrogens is 266 g/mol. The topological polar surface area (TPSA) is 86.0 Å². The van der Waals surface area contributed by atoms with Gasteiger partial charge >= 0.3 is 0 Å². The van der Waals surface area contributed by atoms with Crippen molar-refractivity contribution in [3.05, 3.63) is 65.5 Å². The van der Waals surface area contributed by atoms with Crippen molar-refractivity contribution < 1.29 is 9.90 Å². The lowest BCUT2D eigenvalue weighted by Gasteiger charge is -2.16. The second kappa shape index (κ2) is 7.17. The van der Waals surface area contributed by atoms with E-state index in [-0.39, 0.29) is 24.2 Å². The van der Waals surface area contributed by atoms with Crippen LogP contribution in [0.25, 0.3) is 0 Å². The number of aliphatic hydroxyl groups excluding tert-OH is 1. The molecule has 0 aliphatic rings. The molecule has 0 bridgehead atoms. The van der Waals surface area contributed by atoms with Gasteiger partial charge in [-0.05, 0) is 24.1 Å². The van der Waals surface area contributed by atoms with Gasteiger partial charge in [-0.3, -0.25) is 4.79 Å². The maximum atomic E-state index is 12.0. The highest BCUT2D eigenvalue weighted by molar-refractivity contribution is 5.92. The minimum absolute atomic E-state index is 0.156. The number of nitriles is 1. The Morgan fingerprint density at radius 1 is 1.29 bits per heavy atom. The lowest BCUT2D eigenvalue weighted by Crippen LogP contribution is -2.39. The number of nitrogens with one attached hydrogen (secondary N) is 1. The van der Waals surface area contributed by atoms with Gasteiger partial charge in [-0.15, -0.1) is 0 Å². The van der Waals surface area contributed by atoms with Crippen LogP contribution in [0.5, 0.6) is 0 Å². The predicted octanol–water partition coefficient (Wildman–Crippen LogP) is 1.29. The zero-order chi connectivity index (χ0) is 15.1. The summed E-state index contributed by atoms with van der Waals surface area (Å²) in [5.74, 6) is -0.366. The number of nitrogens with zero attached hydrogens (tertiary/aromatic N) is 2. The van der Waals surface area contributed by atoms with Crippen molar-refractivity contribution in [3.63, 3.8) is 0 Å². The monoisotopic (exact) mass is 281 g/mol. The Morgan fingerprint density at radius 2 is 2.05 bits per heavy atom. The molecule has 2 aromatic rings. The highest BCUT2D eigenvalue weighted by Gasteiger charge is 2.14. The van der Waals surface area contributed by atoms with Crippen LogP contribution in [0.2, 0.25) is 0 Å². The number of amides is 1. The fraction of sp³-hybridized carbons (Fsp3) is 0.188. The number of pyridine rings is 1. The summed E-state index contributed by atoms with van der Waals surface area (Å²) in [5, 5.41) is 20.8. The van der Waals surface area contributed by atoms with Crippen LogP contribution in [0, 0.1) is 11.3 Å². The van der Waals surface area contributed by atoms with Gasteiger partial charge in [0.05, 0.1) is 18.2 Å².